The molecule has 0 amide bonds. The number of phenols is 2. The number of hydrogen-bond acceptors (Lipinski definition) is 3. The van der Waals surface area contributed by atoms with E-state index in [0.29, 0.717) is 11.1 Å². The SMILES string of the molecule is O=C(c1ccccc1)c1ccccc1-c1cc(O)ccc1-c1ccc(O)cc1. The number of benzene rings is 4. The average Bonchev–Trinajstić information content (AvgIpc) is 2.74. The van der Waals surface area contributed by atoms with Gasteiger partial charge in [-0.15, -0.1) is 0 Å². The quantitative estimate of drug-likeness (QED) is 0.458. The summed E-state index contributed by atoms with van der Waals surface area (Å²) in [5.41, 5.74) is 4.43. The summed E-state index contributed by atoms with van der Waals surface area (Å²) in [4.78, 5) is 13.1. The van der Waals surface area contributed by atoms with Crippen LogP contribution in [0.25, 0.3) is 22.3 Å². The molecule has 4 rings (SSSR count). The van der Waals surface area contributed by atoms with Crippen molar-refractivity contribution in [3.8, 4) is 33.8 Å². The van der Waals surface area contributed by atoms with E-state index in [1.807, 2.05) is 54.6 Å². The lowest BCUT2D eigenvalue weighted by Crippen LogP contribution is -2.03. The third-order valence-electron chi connectivity index (χ3n) is 4.68. The van der Waals surface area contributed by atoms with Crippen molar-refractivity contribution in [2.75, 3.05) is 0 Å². The molecule has 0 aromatic heterocycles. The highest BCUT2D eigenvalue weighted by Gasteiger charge is 2.17. The molecule has 4 aromatic carbocycles. The number of hydrogen-bond donors (Lipinski definition) is 2. The molecule has 0 aliphatic heterocycles. The van der Waals surface area contributed by atoms with E-state index >= 15 is 0 Å². The predicted octanol–water partition coefficient (Wildman–Crippen LogP) is 5.66. The fourth-order valence-corrected chi connectivity index (χ4v) is 3.31. The zero-order chi connectivity index (χ0) is 19.5. The van der Waals surface area contributed by atoms with E-state index < -0.39 is 0 Å². The molecule has 3 nitrogen and oxygen atoms in total. The molecule has 0 aliphatic carbocycles. The number of phenolic OH excluding ortho intramolecular Hbond substituents is 2. The first-order valence-electron chi connectivity index (χ1n) is 8.95. The number of carbonyl (C=O) groups excluding carboxylic acids is 1. The molecule has 0 radical (unpaired) electrons. The summed E-state index contributed by atoms with van der Waals surface area (Å²) in [7, 11) is 0. The van der Waals surface area contributed by atoms with Crippen LogP contribution in [-0.2, 0) is 0 Å². The molecule has 2 N–H and O–H groups in total. The molecular formula is C25H18O3. The molecular weight excluding hydrogens is 348 g/mol. The van der Waals surface area contributed by atoms with E-state index in [0.717, 1.165) is 22.3 Å². The maximum absolute atomic E-state index is 13.1. The zero-order valence-corrected chi connectivity index (χ0v) is 15.0. The van der Waals surface area contributed by atoms with Crippen LogP contribution in [0.1, 0.15) is 15.9 Å². The van der Waals surface area contributed by atoms with Crippen molar-refractivity contribution in [1.29, 1.82) is 0 Å². The Morgan fingerprint density at radius 3 is 1.96 bits per heavy atom. The molecule has 0 bridgehead atoms. The first kappa shape index (κ1) is 17.6. The van der Waals surface area contributed by atoms with Gasteiger partial charge in [-0.3, -0.25) is 4.79 Å². The molecule has 136 valence electrons. The van der Waals surface area contributed by atoms with E-state index in [-0.39, 0.29) is 17.3 Å². The topological polar surface area (TPSA) is 57.5 Å². The monoisotopic (exact) mass is 366 g/mol. The van der Waals surface area contributed by atoms with E-state index in [4.69, 9.17) is 0 Å². The van der Waals surface area contributed by atoms with Gasteiger partial charge in [0.25, 0.3) is 0 Å². The molecule has 0 aliphatic rings. The molecule has 0 saturated heterocycles. The average molecular weight is 366 g/mol. The predicted molar refractivity (Wildman–Crippen MR) is 111 cm³/mol. The first-order valence-corrected chi connectivity index (χ1v) is 8.95. The highest BCUT2D eigenvalue weighted by atomic mass is 16.3. The van der Waals surface area contributed by atoms with Gasteiger partial charge < -0.3 is 10.2 Å². The summed E-state index contributed by atoms with van der Waals surface area (Å²) >= 11 is 0. The Labute approximate surface area is 163 Å². The number of ketones is 1. The van der Waals surface area contributed by atoms with Crippen molar-refractivity contribution < 1.29 is 15.0 Å². The van der Waals surface area contributed by atoms with E-state index in [2.05, 4.69) is 0 Å². The van der Waals surface area contributed by atoms with Crippen LogP contribution in [0, 0.1) is 0 Å². The van der Waals surface area contributed by atoms with Crippen LogP contribution in [0.15, 0.2) is 97.1 Å². The lowest BCUT2D eigenvalue weighted by atomic mass is 9.89. The Hall–Kier alpha value is -3.85. The van der Waals surface area contributed by atoms with Crippen LogP contribution in [-0.4, -0.2) is 16.0 Å². The Morgan fingerprint density at radius 1 is 0.571 bits per heavy atom. The second kappa shape index (κ2) is 7.41. The zero-order valence-electron chi connectivity index (χ0n) is 15.0. The van der Waals surface area contributed by atoms with Crippen LogP contribution in [0.5, 0.6) is 11.5 Å². The minimum atomic E-state index is -0.0730. The van der Waals surface area contributed by atoms with E-state index in [1.54, 1.807) is 42.5 Å². The van der Waals surface area contributed by atoms with Crippen LogP contribution in [0.2, 0.25) is 0 Å². The molecule has 0 unspecified atom stereocenters. The van der Waals surface area contributed by atoms with Gasteiger partial charge in [0.15, 0.2) is 5.78 Å². The van der Waals surface area contributed by atoms with Gasteiger partial charge in [0.1, 0.15) is 11.5 Å². The van der Waals surface area contributed by atoms with Crippen LogP contribution >= 0.6 is 0 Å². The molecule has 0 spiro atoms. The Morgan fingerprint density at radius 2 is 1.21 bits per heavy atom. The molecule has 4 aromatic rings. The van der Waals surface area contributed by atoms with Gasteiger partial charge in [-0.2, -0.15) is 0 Å². The van der Waals surface area contributed by atoms with Crippen molar-refractivity contribution in [3.63, 3.8) is 0 Å². The minimum Gasteiger partial charge on any atom is -0.508 e. The molecule has 0 atom stereocenters. The highest BCUT2D eigenvalue weighted by Crippen LogP contribution is 2.37. The van der Waals surface area contributed by atoms with Crippen LogP contribution < -0.4 is 0 Å². The lowest BCUT2D eigenvalue weighted by Gasteiger charge is -2.14. The van der Waals surface area contributed by atoms with Gasteiger partial charge in [-0.1, -0.05) is 72.8 Å². The Bertz CT molecular complexity index is 1130. The molecule has 3 heteroatoms. The van der Waals surface area contributed by atoms with Gasteiger partial charge in [-0.05, 0) is 46.5 Å². The standard InChI is InChI=1S/C25H18O3/c26-19-12-10-17(11-13-19)21-15-14-20(27)16-24(21)22-8-4-5-9-23(22)25(28)18-6-2-1-3-7-18/h1-16,26-27H. The Balaban J connectivity index is 1.90. The van der Waals surface area contributed by atoms with Crippen LogP contribution in [0.4, 0.5) is 0 Å². The molecule has 0 fully saturated rings. The summed E-state index contributed by atoms with van der Waals surface area (Å²) in [6.45, 7) is 0. The van der Waals surface area contributed by atoms with E-state index in [9.17, 15) is 15.0 Å². The maximum atomic E-state index is 13.1. The van der Waals surface area contributed by atoms with Crippen molar-refractivity contribution in [3.05, 3.63) is 108 Å². The summed E-state index contributed by atoms with van der Waals surface area (Å²) in [6, 6.07) is 28.5. The van der Waals surface area contributed by atoms with Crippen molar-refractivity contribution in [1.82, 2.24) is 0 Å². The largest absolute Gasteiger partial charge is 0.508 e. The fraction of sp³-hybridized carbons (Fsp3) is 0. The normalized spacial score (nSPS) is 10.6. The van der Waals surface area contributed by atoms with Crippen molar-refractivity contribution in [2.24, 2.45) is 0 Å². The molecule has 0 saturated carbocycles. The number of rotatable bonds is 4. The second-order valence-corrected chi connectivity index (χ2v) is 6.52. The van der Waals surface area contributed by atoms with Gasteiger partial charge in [0, 0.05) is 11.1 Å². The first-order chi connectivity index (χ1) is 13.6. The van der Waals surface area contributed by atoms with Gasteiger partial charge >= 0.3 is 0 Å². The third kappa shape index (κ3) is 3.38. The summed E-state index contributed by atoms with van der Waals surface area (Å²) in [6.07, 6.45) is 0. The van der Waals surface area contributed by atoms with Gasteiger partial charge in [0.2, 0.25) is 0 Å². The fourth-order valence-electron chi connectivity index (χ4n) is 3.31. The highest BCUT2D eigenvalue weighted by molar-refractivity contribution is 6.13. The van der Waals surface area contributed by atoms with Crippen LogP contribution in [0.3, 0.4) is 0 Å². The third-order valence-corrected chi connectivity index (χ3v) is 4.68. The van der Waals surface area contributed by atoms with Gasteiger partial charge in [-0.25, -0.2) is 0 Å². The maximum Gasteiger partial charge on any atom is 0.193 e. The summed E-state index contributed by atoms with van der Waals surface area (Å²) < 4.78 is 0. The molecule has 28 heavy (non-hydrogen) atoms. The van der Waals surface area contributed by atoms with Gasteiger partial charge in [0.05, 0.1) is 0 Å². The number of aromatic hydroxyl groups is 2. The van der Waals surface area contributed by atoms with Crippen molar-refractivity contribution in [2.45, 2.75) is 0 Å². The lowest BCUT2D eigenvalue weighted by molar-refractivity contribution is 0.103. The minimum absolute atomic E-state index is 0.0730. The Kier molecular flexibility index (Phi) is 4.65. The smallest absolute Gasteiger partial charge is 0.193 e. The van der Waals surface area contributed by atoms with E-state index in [1.165, 1.54) is 0 Å². The summed E-state index contributed by atoms with van der Waals surface area (Å²) in [5, 5.41) is 19.7. The molecule has 0 heterocycles. The second-order valence-electron chi connectivity index (χ2n) is 6.52. The summed E-state index contributed by atoms with van der Waals surface area (Å²) in [5.74, 6) is 0.236. The number of carbonyl (C=O) groups is 1. The van der Waals surface area contributed by atoms with Crippen molar-refractivity contribution >= 4 is 5.78 Å².